The van der Waals surface area contributed by atoms with Crippen LogP contribution in [-0.2, 0) is 16.1 Å². The summed E-state index contributed by atoms with van der Waals surface area (Å²) < 4.78 is 10.6. The van der Waals surface area contributed by atoms with Gasteiger partial charge in [-0.15, -0.1) is 0 Å². The lowest BCUT2D eigenvalue weighted by Crippen LogP contribution is -2.44. The molecule has 0 bridgehead atoms. The summed E-state index contributed by atoms with van der Waals surface area (Å²) in [4.78, 5) is 35.8. The number of para-hydroxylation sites is 1. The molecule has 3 rings (SSSR count). The summed E-state index contributed by atoms with van der Waals surface area (Å²) >= 11 is 0. The highest BCUT2D eigenvalue weighted by atomic mass is 16.5. The zero-order valence-corrected chi connectivity index (χ0v) is 16.3. The topological polar surface area (TPSA) is 124 Å². The van der Waals surface area contributed by atoms with Gasteiger partial charge in [-0.05, 0) is 30.5 Å². The first-order chi connectivity index (χ1) is 14.5. The average molecular weight is 409 g/mol. The fourth-order valence-corrected chi connectivity index (χ4v) is 2.88. The second kappa shape index (κ2) is 10.1. The van der Waals surface area contributed by atoms with Gasteiger partial charge in [0, 0.05) is 11.9 Å². The summed E-state index contributed by atoms with van der Waals surface area (Å²) in [5.41, 5.74) is 6.86. The van der Waals surface area contributed by atoms with Crippen molar-refractivity contribution < 1.29 is 23.5 Å². The molecule has 0 radical (unpaired) electrons. The van der Waals surface area contributed by atoms with Crippen molar-refractivity contribution in [3.8, 4) is 0 Å². The first-order valence-corrected chi connectivity index (χ1v) is 9.56. The molecule has 8 heteroatoms. The van der Waals surface area contributed by atoms with Crippen molar-refractivity contribution in [1.82, 2.24) is 10.6 Å². The van der Waals surface area contributed by atoms with Gasteiger partial charge in [-0.1, -0.05) is 48.5 Å². The minimum Gasteiger partial charge on any atom is -0.451 e. The lowest BCUT2D eigenvalue weighted by molar-refractivity contribution is -0.120. The van der Waals surface area contributed by atoms with Crippen molar-refractivity contribution in [1.29, 1.82) is 0 Å². The Morgan fingerprint density at radius 1 is 1.03 bits per heavy atom. The van der Waals surface area contributed by atoms with Gasteiger partial charge < -0.3 is 25.5 Å². The Labute approximate surface area is 173 Å². The number of primary amides is 1. The summed E-state index contributed by atoms with van der Waals surface area (Å²) in [6, 6.07) is 17.3. The third kappa shape index (κ3) is 5.84. The summed E-state index contributed by atoms with van der Waals surface area (Å²) in [7, 11) is 0. The van der Waals surface area contributed by atoms with Gasteiger partial charge in [0.1, 0.15) is 18.2 Å². The van der Waals surface area contributed by atoms with Gasteiger partial charge in [0.05, 0.1) is 0 Å². The third-order valence-electron chi connectivity index (χ3n) is 4.45. The average Bonchev–Trinajstić information content (AvgIpc) is 3.19. The second-order valence-electron chi connectivity index (χ2n) is 6.71. The number of rotatable bonds is 9. The van der Waals surface area contributed by atoms with Crippen molar-refractivity contribution >= 4 is 28.9 Å². The first-order valence-electron chi connectivity index (χ1n) is 9.56. The number of carbonyl (C=O) groups is 3. The molecule has 3 aromatic rings. The molecule has 0 aliphatic carbocycles. The lowest BCUT2D eigenvalue weighted by Gasteiger charge is -2.14. The zero-order chi connectivity index (χ0) is 21.3. The van der Waals surface area contributed by atoms with Crippen LogP contribution in [0, 0.1) is 0 Å². The maximum Gasteiger partial charge on any atom is 0.407 e. The number of ether oxygens (including phenoxy) is 1. The Balaban J connectivity index is 1.42. The van der Waals surface area contributed by atoms with E-state index < -0.39 is 23.9 Å². The number of carbonyl (C=O) groups excluding carboxylic acids is 3. The maximum atomic E-state index is 12.4. The Morgan fingerprint density at radius 3 is 2.50 bits per heavy atom. The highest BCUT2D eigenvalue weighted by Gasteiger charge is 2.21. The summed E-state index contributed by atoms with van der Waals surface area (Å²) in [5, 5.41) is 5.97. The van der Waals surface area contributed by atoms with Crippen LogP contribution in [0.4, 0.5) is 4.79 Å². The largest absolute Gasteiger partial charge is 0.451 e. The molecule has 0 saturated heterocycles. The molecule has 30 heavy (non-hydrogen) atoms. The molecule has 4 N–H and O–H groups in total. The van der Waals surface area contributed by atoms with Crippen LogP contribution in [0.25, 0.3) is 11.0 Å². The Morgan fingerprint density at radius 2 is 1.77 bits per heavy atom. The monoisotopic (exact) mass is 409 g/mol. The lowest BCUT2D eigenvalue weighted by atomic mass is 10.1. The van der Waals surface area contributed by atoms with Gasteiger partial charge in [-0.3, -0.25) is 9.59 Å². The van der Waals surface area contributed by atoms with Crippen LogP contribution < -0.4 is 16.4 Å². The molecule has 3 amide bonds. The molecule has 8 nitrogen and oxygen atoms in total. The number of furan rings is 1. The van der Waals surface area contributed by atoms with Crippen LogP contribution in [-0.4, -0.2) is 30.5 Å². The van der Waals surface area contributed by atoms with Crippen molar-refractivity contribution in [2.24, 2.45) is 5.73 Å². The van der Waals surface area contributed by atoms with Crippen molar-refractivity contribution in [2.75, 3.05) is 6.54 Å². The van der Waals surface area contributed by atoms with E-state index in [-0.39, 0.29) is 25.3 Å². The predicted molar refractivity (Wildman–Crippen MR) is 111 cm³/mol. The van der Waals surface area contributed by atoms with E-state index in [2.05, 4.69) is 10.6 Å². The minimum absolute atomic E-state index is 0.102. The van der Waals surface area contributed by atoms with Gasteiger partial charge in [0.25, 0.3) is 5.91 Å². The van der Waals surface area contributed by atoms with Crippen molar-refractivity contribution in [3.05, 3.63) is 72.0 Å². The van der Waals surface area contributed by atoms with E-state index in [0.717, 1.165) is 10.9 Å². The smallest absolute Gasteiger partial charge is 0.407 e. The Hall–Kier alpha value is -3.81. The minimum atomic E-state index is -0.882. The van der Waals surface area contributed by atoms with E-state index in [0.29, 0.717) is 12.0 Å². The van der Waals surface area contributed by atoms with Crippen LogP contribution in [0.2, 0.25) is 0 Å². The molecule has 156 valence electrons. The van der Waals surface area contributed by atoms with Gasteiger partial charge in [-0.25, -0.2) is 4.79 Å². The van der Waals surface area contributed by atoms with Crippen LogP contribution in [0.15, 0.2) is 65.1 Å². The van der Waals surface area contributed by atoms with Crippen molar-refractivity contribution in [2.45, 2.75) is 25.5 Å². The second-order valence-corrected chi connectivity index (χ2v) is 6.71. The third-order valence-corrected chi connectivity index (χ3v) is 4.45. The molecule has 0 aliphatic heterocycles. The SMILES string of the molecule is NC(=O)[C@H](CCCNC(=O)OCc1ccccc1)NC(=O)c1cc2ccccc2o1. The standard InChI is InChI=1S/C22H23N3O5/c23-20(26)17(25-21(27)19-13-16-9-4-5-11-18(16)30-19)10-6-12-24-22(28)29-14-15-7-2-1-3-8-15/h1-5,7-9,11,13,17H,6,10,12,14H2,(H2,23,26)(H,24,28)(H,25,27)/t17-/m0/s1. The van der Waals surface area contributed by atoms with Gasteiger partial charge in [0.2, 0.25) is 5.91 Å². The molecule has 0 spiro atoms. The van der Waals surface area contributed by atoms with E-state index in [4.69, 9.17) is 14.9 Å². The molecular weight excluding hydrogens is 386 g/mol. The van der Waals surface area contributed by atoms with Gasteiger partial charge >= 0.3 is 6.09 Å². The van der Waals surface area contributed by atoms with E-state index >= 15 is 0 Å². The van der Waals surface area contributed by atoms with E-state index in [1.54, 1.807) is 18.2 Å². The number of benzene rings is 2. The summed E-state index contributed by atoms with van der Waals surface area (Å²) in [6.07, 6.45) is 0.134. The number of alkyl carbamates (subject to hydrolysis) is 1. The normalized spacial score (nSPS) is 11.6. The van der Waals surface area contributed by atoms with Gasteiger partial charge in [-0.2, -0.15) is 0 Å². The molecule has 0 saturated carbocycles. The zero-order valence-electron chi connectivity index (χ0n) is 16.3. The van der Waals surface area contributed by atoms with Crippen LogP contribution in [0.5, 0.6) is 0 Å². The van der Waals surface area contributed by atoms with Crippen LogP contribution >= 0.6 is 0 Å². The predicted octanol–water partition coefficient (Wildman–Crippen LogP) is 2.72. The van der Waals surface area contributed by atoms with Crippen LogP contribution in [0.1, 0.15) is 29.0 Å². The number of nitrogens with one attached hydrogen (secondary N) is 2. The number of nitrogens with two attached hydrogens (primary N) is 1. The summed E-state index contributed by atoms with van der Waals surface area (Å²) in [5.74, 6) is -1.08. The molecule has 2 aromatic carbocycles. The maximum absolute atomic E-state index is 12.4. The first kappa shape index (κ1) is 20.9. The quantitative estimate of drug-likeness (QED) is 0.469. The molecule has 0 unspecified atom stereocenters. The number of hydrogen-bond donors (Lipinski definition) is 3. The highest BCUT2D eigenvalue weighted by molar-refractivity contribution is 5.98. The van der Waals surface area contributed by atoms with Gasteiger partial charge in [0.15, 0.2) is 5.76 Å². The van der Waals surface area contributed by atoms with E-state index in [1.165, 1.54) is 0 Å². The molecule has 0 fully saturated rings. The van der Waals surface area contributed by atoms with E-state index in [9.17, 15) is 14.4 Å². The summed E-state index contributed by atoms with van der Waals surface area (Å²) in [6.45, 7) is 0.446. The molecule has 1 atom stereocenters. The number of hydrogen-bond acceptors (Lipinski definition) is 5. The Kier molecular flexibility index (Phi) is 7.05. The number of amides is 3. The van der Waals surface area contributed by atoms with Crippen LogP contribution in [0.3, 0.4) is 0 Å². The highest BCUT2D eigenvalue weighted by Crippen LogP contribution is 2.18. The molecule has 1 aromatic heterocycles. The fourth-order valence-electron chi connectivity index (χ4n) is 2.88. The molecular formula is C22H23N3O5. The molecule has 0 aliphatic rings. The van der Waals surface area contributed by atoms with E-state index in [1.807, 2.05) is 42.5 Å². The fraction of sp³-hybridized carbons (Fsp3) is 0.227. The molecule has 1 heterocycles. The van der Waals surface area contributed by atoms with Crippen molar-refractivity contribution in [3.63, 3.8) is 0 Å². The Bertz CT molecular complexity index is 983. The number of fused-ring (bicyclic) bond motifs is 1.